The molecule has 0 amide bonds. The maximum atomic E-state index is 5.73. The van der Waals surface area contributed by atoms with Gasteiger partial charge in [0.2, 0.25) is 0 Å². The number of hydrazine groups is 1. The van der Waals surface area contributed by atoms with Gasteiger partial charge in [-0.05, 0) is 42.9 Å². The van der Waals surface area contributed by atoms with Crippen LogP contribution in [0.5, 0.6) is 0 Å². The molecule has 1 aliphatic carbocycles. The summed E-state index contributed by atoms with van der Waals surface area (Å²) >= 11 is 0. The van der Waals surface area contributed by atoms with Crippen molar-refractivity contribution < 1.29 is 0 Å². The van der Waals surface area contributed by atoms with Crippen molar-refractivity contribution in [1.29, 1.82) is 0 Å². The van der Waals surface area contributed by atoms with Crippen molar-refractivity contribution >= 4 is 0 Å². The molecule has 1 saturated carbocycles. The van der Waals surface area contributed by atoms with E-state index in [-0.39, 0.29) is 0 Å². The standard InChI is InChI=1S/C14H30N2/c1-11-6-5-7-12(10-11)13(16-15)8-9-14(2,3)4/h11-13,16H,5-10,15H2,1-4H3. The molecule has 2 nitrogen and oxygen atoms in total. The summed E-state index contributed by atoms with van der Waals surface area (Å²) < 4.78 is 0. The van der Waals surface area contributed by atoms with E-state index in [1.54, 1.807) is 0 Å². The van der Waals surface area contributed by atoms with Gasteiger partial charge in [-0.1, -0.05) is 40.5 Å². The molecule has 0 bridgehead atoms. The summed E-state index contributed by atoms with van der Waals surface area (Å²) in [6.45, 7) is 9.31. The monoisotopic (exact) mass is 226 g/mol. The summed E-state index contributed by atoms with van der Waals surface area (Å²) in [5.74, 6) is 7.42. The fourth-order valence-electron chi connectivity index (χ4n) is 2.89. The quantitative estimate of drug-likeness (QED) is 0.569. The van der Waals surface area contributed by atoms with Crippen LogP contribution in [0.3, 0.4) is 0 Å². The molecule has 1 fully saturated rings. The molecule has 1 aliphatic rings. The van der Waals surface area contributed by atoms with Gasteiger partial charge in [0, 0.05) is 6.04 Å². The molecule has 3 N–H and O–H groups in total. The number of hydrogen-bond donors (Lipinski definition) is 2. The summed E-state index contributed by atoms with van der Waals surface area (Å²) in [7, 11) is 0. The van der Waals surface area contributed by atoms with Gasteiger partial charge in [0.1, 0.15) is 0 Å². The van der Waals surface area contributed by atoms with Crippen LogP contribution in [0.15, 0.2) is 0 Å². The second-order valence-electron chi connectivity index (χ2n) is 6.90. The molecule has 0 saturated heterocycles. The van der Waals surface area contributed by atoms with Crippen LogP contribution in [0, 0.1) is 17.3 Å². The number of nitrogens with two attached hydrogens (primary N) is 1. The average molecular weight is 226 g/mol. The summed E-state index contributed by atoms with van der Waals surface area (Å²) in [5, 5.41) is 0. The number of hydrogen-bond acceptors (Lipinski definition) is 2. The van der Waals surface area contributed by atoms with Crippen LogP contribution in [0.2, 0.25) is 0 Å². The first-order valence-corrected chi connectivity index (χ1v) is 6.88. The van der Waals surface area contributed by atoms with E-state index in [2.05, 4.69) is 33.1 Å². The van der Waals surface area contributed by atoms with Gasteiger partial charge in [0.05, 0.1) is 0 Å². The summed E-state index contributed by atoms with van der Waals surface area (Å²) in [6, 6.07) is 0.530. The molecular weight excluding hydrogens is 196 g/mol. The van der Waals surface area contributed by atoms with Crippen molar-refractivity contribution in [1.82, 2.24) is 5.43 Å². The van der Waals surface area contributed by atoms with Crippen molar-refractivity contribution in [2.45, 2.75) is 72.3 Å². The van der Waals surface area contributed by atoms with E-state index >= 15 is 0 Å². The highest BCUT2D eigenvalue weighted by molar-refractivity contribution is 4.81. The normalized spacial score (nSPS) is 29.1. The van der Waals surface area contributed by atoms with Gasteiger partial charge in [0.25, 0.3) is 0 Å². The van der Waals surface area contributed by atoms with Crippen molar-refractivity contribution in [3.63, 3.8) is 0 Å². The lowest BCUT2D eigenvalue weighted by atomic mass is 9.76. The Labute approximate surface area is 101 Å². The van der Waals surface area contributed by atoms with Crippen LogP contribution in [0.1, 0.15) is 66.2 Å². The lowest BCUT2D eigenvalue weighted by Crippen LogP contribution is -2.42. The predicted octanol–water partition coefficient (Wildman–Crippen LogP) is 3.47. The largest absolute Gasteiger partial charge is 0.271 e. The van der Waals surface area contributed by atoms with Crippen molar-refractivity contribution in [3.8, 4) is 0 Å². The zero-order valence-corrected chi connectivity index (χ0v) is 11.6. The Morgan fingerprint density at radius 3 is 2.50 bits per heavy atom. The van der Waals surface area contributed by atoms with Crippen molar-refractivity contribution in [2.75, 3.05) is 0 Å². The third-order valence-electron chi connectivity index (χ3n) is 3.97. The van der Waals surface area contributed by atoms with Crippen LogP contribution in [-0.2, 0) is 0 Å². The van der Waals surface area contributed by atoms with Crippen LogP contribution in [0.25, 0.3) is 0 Å². The second-order valence-corrected chi connectivity index (χ2v) is 6.90. The highest BCUT2D eigenvalue weighted by atomic mass is 15.2. The zero-order chi connectivity index (χ0) is 12.2. The first-order chi connectivity index (χ1) is 7.42. The topological polar surface area (TPSA) is 38.0 Å². The Morgan fingerprint density at radius 1 is 1.31 bits per heavy atom. The Hall–Kier alpha value is -0.0800. The molecule has 1 rings (SSSR count). The van der Waals surface area contributed by atoms with Gasteiger partial charge in [-0.2, -0.15) is 0 Å². The van der Waals surface area contributed by atoms with Crippen molar-refractivity contribution in [2.24, 2.45) is 23.1 Å². The summed E-state index contributed by atoms with van der Waals surface area (Å²) in [5.41, 5.74) is 3.49. The Balaban J connectivity index is 2.40. The van der Waals surface area contributed by atoms with Gasteiger partial charge < -0.3 is 0 Å². The molecular formula is C14H30N2. The van der Waals surface area contributed by atoms with Crippen LogP contribution in [0.4, 0.5) is 0 Å². The van der Waals surface area contributed by atoms with E-state index in [1.807, 2.05) is 0 Å². The van der Waals surface area contributed by atoms with E-state index in [0.29, 0.717) is 11.5 Å². The maximum Gasteiger partial charge on any atom is 0.0239 e. The summed E-state index contributed by atoms with van der Waals surface area (Å²) in [4.78, 5) is 0. The molecule has 0 radical (unpaired) electrons. The summed E-state index contributed by atoms with van der Waals surface area (Å²) in [6.07, 6.45) is 8.00. The van der Waals surface area contributed by atoms with E-state index in [0.717, 1.165) is 11.8 Å². The van der Waals surface area contributed by atoms with Crippen LogP contribution < -0.4 is 11.3 Å². The fourth-order valence-corrected chi connectivity index (χ4v) is 2.89. The number of rotatable bonds is 4. The minimum absolute atomic E-state index is 0.426. The average Bonchev–Trinajstić information content (AvgIpc) is 2.17. The van der Waals surface area contributed by atoms with Crippen molar-refractivity contribution in [3.05, 3.63) is 0 Å². The Kier molecular flexibility index (Phi) is 5.26. The Morgan fingerprint density at radius 2 is 2.00 bits per heavy atom. The minimum atomic E-state index is 0.426. The van der Waals surface area contributed by atoms with Crippen LogP contribution in [-0.4, -0.2) is 6.04 Å². The molecule has 0 spiro atoms. The molecule has 0 aromatic heterocycles. The van der Waals surface area contributed by atoms with E-state index in [4.69, 9.17) is 5.84 Å². The molecule has 0 aliphatic heterocycles. The third kappa shape index (κ3) is 4.84. The molecule has 0 aromatic carbocycles. The van der Waals surface area contributed by atoms with Gasteiger partial charge >= 0.3 is 0 Å². The first kappa shape index (κ1) is 14.0. The lowest BCUT2D eigenvalue weighted by molar-refractivity contribution is 0.199. The second kappa shape index (κ2) is 6.02. The smallest absolute Gasteiger partial charge is 0.0239 e. The highest BCUT2D eigenvalue weighted by Gasteiger charge is 2.26. The maximum absolute atomic E-state index is 5.73. The number of nitrogens with one attached hydrogen (secondary N) is 1. The SMILES string of the molecule is CC1CCCC(C(CCC(C)(C)C)NN)C1. The van der Waals surface area contributed by atoms with E-state index < -0.39 is 0 Å². The van der Waals surface area contributed by atoms with Gasteiger partial charge in [0.15, 0.2) is 0 Å². The molecule has 0 aromatic rings. The molecule has 3 unspecified atom stereocenters. The fraction of sp³-hybridized carbons (Fsp3) is 1.00. The van der Waals surface area contributed by atoms with Gasteiger partial charge in [-0.25, -0.2) is 0 Å². The highest BCUT2D eigenvalue weighted by Crippen LogP contribution is 2.33. The third-order valence-corrected chi connectivity index (χ3v) is 3.97. The molecule has 0 heterocycles. The molecule has 96 valence electrons. The lowest BCUT2D eigenvalue weighted by Gasteiger charge is -2.34. The molecule has 3 atom stereocenters. The van der Waals surface area contributed by atoms with Crippen LogP contribution >= 0.6 is 0 Å². The minimum Gasteiger partial charge on any atom is -0.271 e. The molecule has 2 heteroatoms. The van der Waals surface area contributed by atoms with Gasteiger partial charge in [-0.3, -0.25) is 11.3 Å². The van der Waals surface area contributed by atoms with E-state index in [9.17, 15) is 0 Å². The predicted molar refractivity (Wildman–Crippen MR) is 70.9 cm³/mol. The van der Waals surface area contributed by atoms with E-state index in [1.165, 1.54) is 38.5 Å². The Bertz CT molecular complexity index is 195. The zero-order valence-electron chi connectivity index (χ0n) is 11.6. The first-order valence-electron chi connectivity index (χ1n) is 6.88. The van der Waals surface area contributed by atoms with Gasteiger partial charge in [-0.15, -0.1) is 0 Å². The molecule has 16 heavy (non-hydrogen) atoms.